The van der Waals surface area contributed by atoms with Crippen LogP contribution in [-0.2, 0) is 21.7 Å². The predicted molar refractivity (Wildman–Crippen MR) is 221 cm³/mol. The zero-order valence-electron chi connectivity index (χ0n) is 31.1. The summed E-state index contributed by atoms with van der Waals surface area (Å²) in [4.78, 5) is 2.52. The Labute approximate surface area is 314 Å². The molecule has 0 amide bonds. The molecule has 3 aliphatic rings. The largest absolute Gasteiger partial charge is 0.310 e. The molecular formula is C52H45N. The molecular weight excluding hydrogens is 639 g/mol. The molecule has 0 aliphatic heterocycles. The van der Waals surface area contributed by atoms with E-state index in [0.29, 0.717) is 0 Å². The summed E-state index contributed by atoms with van der Waals surface area (Å²) in [7, 11) is 0. The molecule has 3 aliphatic carbocycles. The van der Waals surface area contributed by atoms with Crippen LogP contribution in [0.2, 0.25) is 0 Å². The highest BCUT2D eigenvalue weighted by Gasteiger charge is 2.56. The molecule has 1 atom stereocenters. The number of para-hydroxylation sites is 1. The molecule has 0 bridgehead atoms. The van der Waals surface area contributed by atoms with E-state index in [1.54, 1.807) is 0 Å². The van der Waals surface area contributed by atoms with Crippen LogP contribution in [-0.4, -0.2) is 0 Å². The van der Waals surface area contributed by atoms with Crippen LogP contribution in [0.4, 0.5) is 17.1 Å². The highest BCUT2D eigenvalue weighted by atomic mass is 15.1. The Morgan fingerprint density at radius 2 is 0.906 bits per heavy atom. The van der Waals surface area contributed by atoms with Gasteiger partial charge in [-0.2, -0.15) is 0 Å². The van der Waals surface area contributed by atoms with E-state index in [1.165, 1.54) is 67.0 Å². The van der Waals surface area contributed by atoms with Crippen LogP contribution >= 0.6 is 0 Å². The summed E-state index contributed by atoms with van der Waals surface area (Å²) < 4.78 is 0. The molecule has 0 radical (unpaired) electrons. The van der Waals surface area contributed by atoms with Gasteiger partial charge in [0, 0.05) is 22.4 Å². The average Bonchev–Trinajstić information content (AvgIpc) is 3.71. The Bertz CT molecular complexity index is 2470. The summed E-state index contributed by atoms with van der Waals surface area (Å²) in [5, 5.41) is 0. The maximum absolute atomic E-state index is 2.53. The Morgan fingerprint density at radius 1 is 0.396 bits per heavy atom. The molecule has 7 aromatic carbocycles. The topological polar surface area (TPSA) is 3.24 Å². The van der Waals surface area contributed by atoms with Crippen molar-refractivity contribution >= 4 is 17.1 Å². The fourth-order valence-corrected chi connectivity index (χ4v) is 11.1. The van der Waals surface area contributed by atoms with Crippen molar-refractivity contribution in [1.29, 1.82) is 0 Å². The van der Waals surface area contributed by atoms with Gasteiger partial charge in [-0.05, 0) is 104 Å². The summed E-state index contributed by atoms with van der Waals surface area (Å²) in [6, 6.07) is 66.0. The van der Waals surface area contributed by atoms with Crippen molar-refractivity contribution < 1.29 is 0 Å². The molecule has 10 rings (SSSR count). The number of benzene rings is 7. The minimum atomic E-state index is -0.457. The molecule has 0 saturated carbocycles. The second kappa shape index (κ2) is 11.4. The van der Waals surface area contributed by atoms with Gasteiger partial charge in [0.05, 0.1) is 11.1 Å². The number of fused-ring (bicyclic) bond motifs is 7. The van der Waals surface area contributed by atoms with Gasteiger partial charge in [0.1, 0.15) is 0 Å². The highest BCUT2D eigenvalue weighted by Crippen LogP contribution is 2.64. The Morgan fingerprint density at radius 3 is 1.57 bits per heavy atom. The monoisotopic (exact) mass is 683 g/mol. The maximum atomic E-state index is 2.53. The van der Waals surface area contributed by atoms with Crippen molar-refractivity contribution in [3.05, 3.63) is 220 Å². The van der Waals surface area contributed by atoms with E-state index in [1.807, 2.05) is 0 Å². The molecule has 1 spiro atoms. The minimum absolute atomic E-state index is 0.0161. The Kier molecular flexibility index (Phi) is 6.90. The smallest absolute Gasteiger partial charge is 0.0714 e. The Hall–Kier alpha value is -5.66. The van der Waals surface area contributed by atoms with Crippen LogP contribution < -0.4 is 4.90 Å². The molecule has 1 heteroatoms. The van der Waals surface area contributed by atoms with Crippen LogP contribution in [0.1, 0.15) is 85.0 Å². The lowest BCUT2D eigenvalue weighted by molar-refractivity contribution is 0.349. The fourth-order valence-electron chi connectivity index (χ4n) is 11.1. The van der Waals surface area contributed by atoms with Gasteiger partial charge in [0.2, 0.25) is 0 Å². The first-order valence-corrected chi connectivity index (χ1v) is 19.2. The van der Waals surface area contributed by atoms with E-state index in [-0.39, 0.29) is 16.2 Å². The first-order valence-electron chi connectivity index (χ1n) is 19.2. The van der Waals surface area contributed by atoms with E-state index in [4.69, 9.17) is 0 Å². The van der Waals surface area contributed by atoms with Gasteiger partial charge in [0.15, 0.2) is 0 Å². The lowest BCUT2D eigenvalue weighted by Crippen LogP contribution is -2.28. The van der Waals surface area contributed by atoms with Crippen LogP contribution in [0.15, 0.2) is 176 Å². The quantitative estimate of drug-likeness (QED) is 0.175. The van der Waals surface area contributed by atoms with Gasteiger partial charge in [0.25, 0.3) is 0 Å². The number of anilines is 3. The lowest BCUT2D eigenvalue weighted by atomic mass is 9.68. The maximum Gasteiger partial charge on any atom is 0.0714 e. The molecule has 0 saturated heterocycles. The molecule has 1 unspecified atom stereocenters. The van der Waals surface area contributed by atoms with Crippen LogP contribution in [0.3, 0.4) is 0 Å². The van der Waals surface area contributed by atoms with Gasteiger partial charge < -0.3 is 4.90 Å². The third-order valence-electron chi connectivity index (χ3n) is 12.9. The van der Waals surface area contributed by atoms with Crippen molar-refractivity contribution in [3.63, 3.8) is 0 Å². The second-order valence-corrected chi connectivity index (χ2v) is 16.9. The molecule has 0 aromatic heterocycles. The number of hydrogen-bond donors (Lipinski definition) is 0. The molecule has 53 heavy (non-hydrogen) atoms. The minimum Gasteiger partial charge on any atom is -0.310 e. The van der Waals surface area contributed by atoms with Crippen molar-refractivity contribution in [2.24, 2.45) is 0 Å². The van der Waals surface area contributed by atoms with Gasteiger partial charge in [-0.3, -0.25) is 0 Å². The van der Waals surface area contributed by atoms with E-state index in [0.717, 1.165) is 18.5 Å². The molecule has 1 nitrogen and oxygen atoms in total. The SMILES string of the molecule is CC1(C)CC2(CC(C)(C)c3cc(N(c4ccccc4)c4cccc5c4-c4ccccc4C5(c4ccccc4)c4ccccc4)ccc32)c2ccccc21. The average molecular weight is 684 g/mol. The van der Waals surface area contributed by atoms with E-state index in [2.05, 4.69) is 209 Å². The Balaban J connectivity index is 1.23. The highest BCUT2D eigenvalue weighted by molar-refractivity contribution is 5.97. The second-order valence-electron chi connectivity index (χ2n) is 16.9. The molecule has 0 heterocycles. The summed E-state index contributed by atoms with van der Waals surface area (Å²) in [5.41, 5.74) is 17.1. The lowest BCUT2D eigenvalue weighted by Gasteiger charge is -2.34. The normalized spacial score (nSPS) is 19.3. The van der Waals surface area contributed by atoms with Crippen LogP contribution in [0.25, 0.3) is 11.1 Å². The number of rotatable bonds is 5. The van der Waals surface area contributed by atoms with Crippen molar-refractivity contribution in [1.82, 2.24) is 0 Å². The summed E-state index contributed by atoms with van der Waals surface area (Å²) in [6.45, 7) is 9.82. The van der Waals surface area contributed by atoms with Gasteiger partial charge in [-0.15, -0.1) is 0 Å². The zero-order chi connectivity index (χ0) is 36.0. The zero-order valence-corrected chi connectivity index (χ0v) is 31.1. The third-order valence-corrected chi connectivity index (χ3v) is 12.9. The van der Waals surface area contributed by atoms with Gasteiger partial charge >= 0.3 is 0 Å². The van der Waals surface area contributed by atoms with Crippen molar-refractivity contribution in [2.75, 3.05) is 4.90 Å². The molecule has 258 valence electrons. The number of hydrogen-bond acceptors (Lipinski definition) is 1. The summed E-state index contributed by atoms with van der Waals surface area (Å²) in [5.74, 6) is 0. The van der Waals surface area contributed by atoms with Crippen molar-refractivity contribution in [3.8, 4) is 11.1 Å². The standard InChI is InChI=1S/C52H45N/c1-49(2)34-51(43-28-17-16-27-42(43)49)35-50(3,4)46-33-39(31-32-44(46)51)53(38-23-12-7-13-24-38)47-30-18-29-45-48(47)40-25-14-15-26-41(40)52(45,36-19-8-5-9-20-36)37-21-10-6-11-22-37/h5-33H,34-35H2,1-4H3. The molecule has 0 fully saturated rings. The first kappa shape index (κ1) is 32.0. The van der Waals surface area contributed by atoms with E-state index in [9.17, 15) is 0 Å². The molecule has 7 aromatic rings. The molecule has 0 N–H and O–H groups in total. The van der Waals surface area contributed by atoms with E-state index >= 15 is 0 Å². The first-order chi connectivity index (χ1) is 25.8. The van der Waals surface area contributed by atoms with Crippen LogP contribution in [0, 0.1) is 0 Å². The summed E-state index contributed by atoms with van der Waals surface area (Å²) >= 11 is 0. The van der Waals surface area contributed by atoms with E-state index < -0.39 is 5.41 Å². The van der Waals surface area contributed by atoms with Crippen LogP contribution in [0.5, 0.6) is 0 Å². The number of nitrogens with zero attached hydrogens (tertiary/aromatic N) is 1. The predicted octanol–water partition coefficient (Wildman–Crippen LogP) is 13.2. The van der Waals surface area contributed by atoms with Gasteiger partial charge in [-0.1, -0.05) is 173 Å². The summed E-state index contributed by atoms with van der Waals surface area (Å²) in [6.07, 6.45) is 2.26. The fraction of sp³-hybridized carbons (Fsp3) is 0.192. The third kappa shape index (κ3) is 4.43. The van der Waals surface area contributed by atoms with Gasteiger partial charge in [-0.25, -0.2) is 0 Å². The van der Waals surface area contributed by atoms with Crippen molar-refractivity contribution in [2.45, 2.75) is 62.2 Å².